The van der Waals surface area contributed by atoms with Gasteiger partial charge in [-0.1, -0.05) is 23.2 Å². The molecule has 0 radical (unpaired) electrons. The van der Waals surface area contributed by atoms with E-state index in [9.17, 15) is 13.2 Å². The number of ether oxygens (including phenoxy) is 1. The molecule has 0 aliphatic carbocycles. The van der Waals surface area contributed by atoms with Crippen molar-refractivity contribution in [2.24, 2.45) is 5.92 Å². The maximum Gasteiger partial charge on any atom is 0.244 e. The Morgan fingerprint density at radius 1 is 1.27 bits per heavy atom. The molecular formula is C17H22Cl2N2O4S. The molecule has 1 aromatic rings. The number of amides is 1. The summed E-state index contributed by atoms with van der Waals surface area (Å²) in [5.41, 5.74) is 0. The van der Waals surface area contributed by atoms with E-state index in [4.69, 9.17) is 27.9 Å². The molecule has 0 unspecified atom stereocenters. The molecule has 6 nitrogen and oxygen atoms in total. The summed E-state index contributed by atoms with van der Waals surface area (Å²) in [5.74, 6) is -0.504. The highest BCUT2D eigenvalue weighted by Crippen LogP contribution is 2.30. The molecule has 2 aliphatic heterocycles. The largest absolute Gasteiger partial charge is 0.376 e. The molecule has 9 heteroatoms. The predicted octanol–water partition coefficient (Wildman–Crippen LogP) is 2.69. The number of halogens is 2. The van der Waals surface area contributed by atoms with Crippen molar-refractivity contribution in [2.75, 3.05) is 26.2 Å². The van der Waals surface area contributed by atoms with E-state index in [0.717, 1.165) is 19.4 Å². The molecule has 0 spiro atoms. The normalized spacial score (nSPS) is 24.5. The molecule has 2 fully saturated rings. The van der Waals surface area contributed by atoms with Crippen LogP contribution in [-0.2, 0) is 19.6 Å². The van der Waals surface area contributed by atoms with Gasteiger partial charge in [-0.25, -0.2) is 8.42 Å². The van der Waals surface area contributed by atoms with Gasteiger partial charge in [0.05, 0.1) is 17.0 Å². The van der Waals surface area contributed by atoms with E-state index >= 15 is 0 Å². The zero-order valence-corrected chi connectivity index (χ0v) is 16.6. The van der Waals surface area contributed by atoms with Crippen LogP contribution < -0.4 is 5.32 Å². The number of hydrogen-bond acceptors (Lipinski definition) is 4. The summed E-state index contributed by atoms with van der Waals surface area (Å²) in [5, 5.41) is 3.32. The van der Waals surface area contributed by atoms with Crippen molar-refractivity contribution in [3.63, 3.8) is 0 Å². The maximum absolute atomic E-state index is 12.9. The Kier molecular flexibility index (Phi) is 6.45. The zero-order chi connectivity index (χ0) is 18.7. The van der Waals surface area contributed by atoms with Crippen LogP contribution in [0.3, 0.4) is 0 Å². The standard InChI is InChI=1S/C17H22Cl2N2O4S/c18-13-5-6-15(19)16(9-13)26(23,24)21-7-1-3-12(11-21)17(22)20-10-14-4-2-8-25-14/h5-6,9,12,14H,1-4,7-8,10-11H2,(H,20,22)/t12-,14+/m1/s1. The van der Waals surface area contributed by atoms with E-state index in [0.29, 0.717) is 31.0 Å². The fourth-order valence-electron chi connectivity index (χ4n) is 3.35. The monoisotopic (exact) mass is 420 g/mol. The molecule has 2 aliphatic rings. The summed E-state index contributed by atoms with van der Waals surface area (Å²) in [6, 6.07) is 4.35. The summed E-state index contributed by atoms with van der Waals surface area (Å²) in [7, 11) is -3.80. The van der Waals surface area contributed by atoms with Gasteiger partial charge in [-0.3, -0.25) is 4.79 Å². The van der Waals surface area contributed by atoms with Crippen LogP contribution >= 0.6 is 23.2 Å². The maximum atomic E-state index is 12.9. The van der Waals surface area contributed by atoms with E-state index in [1.54, 1.807) is 6.07 Å². The number of carbonyl (C=O) groups excluding carboxylic acids is 1. The van der Waals surface area contributed by atoms with Gasteiger partial charge in [0.25, 0.3) is 0 Å². The minimum atomic E-state index is -3.80. The number of nitrogens with one attached hydrogen (secondary N) is 1. The van der Waals surface area contributed by atoms with E-state index in [2.05, 4.69) is 5.32 Å². The molecular weight excluding hydrogens is 399 g/mol. The average molecular weight is 421 g/mol. The van der Waals surface area contributed by atoms with Gasteiger partial charge < -0.3 is 10.1 Å². The van der Waals surface area contributed by atoms with E-state index < -0.39 is 10.0 Å². The van der Waals surface area contributed by atoms with Crippen LogP contribution in [0, 0.1) is 5.92 Å². The Hall–Kier alpha value is -0.860. The van der Waals surface area contributed by atoms with E-state index in [-0.39, 0.29) is 34.4 Å². The number of hydrogen-bond donors (Lipinski definition) is 1. The van der Waals surface area contributed by atoms with Crippen molar-refractivity contribution in [3.8, 4) is 0 Å². The third-order valence-corrected chi connectivity index (χ3v) is 7.38. The Bertz CT molecular complexity index is 766. The first-order chi connectivity index (χ1) is 12.4. The first kappa shape index (κ1) is 19.9. The van der Waals surface area contributed by atoms with Gasteiger partial charge in [-0.05, 0) is 43.9 Å². The van der Waals surface area contributed by atoms with Gasteiger partial charge in [-0.2, -0.15) is 4.31 Å². The molecule has 26 heavy (non-hydrogen) atoms. The fraction of sp³-hybridized carbons (Fsp3) is 0.588. The van der Waals surface area contributed by atoms with Crippen molar-refractivity contribution >= 4 is 39.1 Å². The predicted molar refractivity (Wildman–Crippen MR) is 99.9 cm³/mol. The number of piperidine rings is 1. The van der Waals surface area contributed by atoms with Gasteiger partial charge in [0.1, 0.15) is 4.90 Å². The van der Waals surface area contributed by atoms with Crippen LogP contribution in [0.4, 0.5) is 0 Å². The Morgan fingerprint density at radius 3 is 2.81 bits per heavy atom. The molecule has 1 amide bonds. The van der Waals surface area contributed by atoms with Gasteiger partial charge >= 0.3 is 0 Å². The molecule has 0 aromatic heterocycles. The highest BCUT2D eigenvalue weighted by molar-refractivity contribution is 7.89. The highest BCUT2D eigenvalue weighted by atomic mass is 35.5. The molecule has 3 rings (SSSR count). The van der Waals surface area contributed by atoms with E-state index in [1.807, 2.05) is 0 Å². The topological polar surface area (TPSA) is 75.7 Å². The molecule has 2 atom stereocenters. The Balaban J connectivity index is 1.67. The lowest BCUT2D eigenvalue weighted by Gasteiger charge is -2.31. The van der Waals surface area contributed by atoms with Gasteiger partial charge in [0, 0.05) is 31.3 Å². The van der Waals surface area contributed by atoms with Crippen molar-refractivity contribution < 1.29 is 17.9 Å². The second-order valence-electron chi connectivity index (χ2n) is 6.66. The number of carbonyl (C=O) groups is 1. The minimum absolute atomic E-state index is 0.0212. The molecule has 1 N–H and O–H groups in total. The molecule has 0 saturated carbocycles. The first-order valence-electron chi connectivity index (χ1n) is 8.72. The van der Waals surface area contributed by atoms with Gasteiger partial charge in [0.15, 0.2) is 0 Å². The SMILES string of the molecule is O=C(NC[C@@H]1CCCO1)[C@@H]1CCCN(S(=O)(=O)c2cc(Cl)ccc2Cl)C1. The fourth-order valence-corrected chi connectivity index (χ4v) is 5.61. The lowest BCUT2D eigenvalue weighted by molar-refractivity contribution is -0.126. The van der Waals surface area contributed by atoms with Crippen LogP contribution in [0.1, 0.15) is 25.7 Å². The van der Waals surface area contributed by atoms with Crippen LogP contribution in [0.25, 0.3) is 0 Å². The summed E-state index contributed by atoms with van der Waals surface area (Å²) in [6.07, 6.45) is 3.30. The highest BCUT2D eigenvalue weighted by Gasteiger charge is 2.34. The number of nitrogens with zero attached hydrogens (tertiary/aromatic N) is 1. The second-order valence-corrected chi connectivity index (χ2v) is 9.41. The van der Waals surface area contributed by atoms with E-state index in [1.165, 1.54) is 16.4 Å². The van der Waals surface area contributed by atoms with Gasteiger partial charge in [0.2, 0.25) is 15.9 Å². The minimum Gasteiger partial charge on any atom is -0.376 e. The summed E-state index contributed by atoms with van der Waals surface area (Å²) >= 11 is 12.0. The van der Waals surface area contributed by atoms with Crippen LogP contribution in [-0.4, -0.2) is 51.0 Å². The summed E-state index contributed by atoms with van der Waals surface area (Å²) in [6.45, 7) is 1.71. The van der Waals surface area contributed by atoms with Crippen molar-refractivity contribution in [1.29, 1.82) is 0 Å². The summed E-state index contributed by atoms with van der Waals surface area (Å²) < 4.78 is 32.7. The quantitative estimate of drug-likeness (QED) is 0.794. The van der Waals surface area contributed by atoms with Crippen molar-refractivity contribution in [3.05, 3.63) is 28.2 Å². The number of sulfonamides is 1. The molecule has 0 bridgehead atoms. The third kappa shape index (κ3) is 4.51. The van der Waals surface area contributed by atoms with Crippen LogP contribution in [0.5, 0.6) is 0 Å². The molecule has 2 heterocycles. The third-order valence-electron chi connectivity index (χ3n) is 4.79. The van der Waals surface area contributed by atoms with Crippen LogP contribution in [0.15, 0.2) is 23.1 Å². The molecule has 144 valence electrons. The Morgan fingerprint density at radius 2 is 2.08 bits per heavy atom. The van der Waals surface area contributed by atoms with Crippen molar-refractivity contribution in [1.82, 2.24) is 9.62 Å². The van der Waals surface area contributed by atoms with Crippen molar-refractivity contribution in [2.45, 2.75) is 36.7 Å². The lowest BCUT2D eigenvalue weighted by atomic mass is 9.99. The number of benzene rings is 1. The Labute approximate surface area is 163 Å². The lowest BCUT2D eigenvalue weighted by Crippen LogP contribution is -2.46. The average Bonchev–Trinajstić information content (AvgIpc) is 3.15. The number of rotatable bonds is 5. The van der Waals surface area contributed by atoms with Gasteiger partial charge in [-0.15, -0.1) is 0 Å². The second kappa shape index (κ2) is 8.44. The smallest absolute Gasteiger partial charge is 0.244 e. The molecule has 1 aromatic carbocycles. The summed E-state index contributed by atoms with van der Waals surface area (Å²) in [4.78, 5) is 12.4. The van der Waals surface area contributed by atoms with Crippen LogP contribution in [0.2, 0.25) is 10.0 Å². The first-order valence-corrected chi connectivity index (χ1v) is 10.9. The molecule has 2 saturated heterocycles. The zero-order valence-electron chi connectivity index (χ0n) is 14.3.